The van der Waals surface area contributed by atoms with Crippen LogP contribution in [0.25, 0.3) is 0 Å². The van der Waals surface area contributed by atoms with Crippen molar-refractivity contribution in [2.24, 2.45) is 10.4 Å². The Morgan fingerprint density at radius 3 is 2.56 bits per heavy atom. The zero-order valence-electron chi connectivity index (χ0n) is 21.5. The Hall–Kier alpha value is -4.22. The highest BCUT2D eigenvalue weighted by molar-refractivity contribution is 6.30. The van der Waals surface area contributed by atoms with E-state index in [1.54, 1.807) is 56.3 Å². The maximum Gasteiger partial charge on any atom is 0.327 e. The zero-order chi connectivity index (χ0) is 28.2. The lowest BCUT2D eigenvalue weighted by Gasteiger charge is -2.44. The summed E-state index contributed by atoms with van der Waals surface area (Å²) in [5, 5.41) is 14.4. The van der Waals surface area contributed by atoms with E-state index in [-0.39, 0.29) is 36.4 Å². The predicted molar refractivity (Wildman–Crippen MR) is 142 cm³/mol. The number of benzene rings is 2. The van der Waals surface area contributed by atoms with Crippen LogP contribution in [0.3, 0.4) is 0 Å². The summed E-state index contributed by atoms with van der Waals surface area (Å²) in [4.78, 5) is 36.2. The molecule has 1 aromatic heterocycles. The third-order valence-corrected chi connectivity index (χ3v) is 6.13. The Bertz CT molecular complexity index is 1370. The number of carbonyl (C=O) groups is 2. The second-order valence-corrected chi connectivity index (χ2v) is 9.79. The number of hydrogen-bond donors (Lipinski definition) is 2. The van der Waals surface area contributed by atoms with E-state index in [2.05, 4.69) is 15.3 Å². The molecule has 204 valence electrons. The van der Waals surface area contributed by atoms with Crippen LogP contribution in [-0.2, 0) is 16.1 Å². The number of halogens is 2. The monoisotopic (exact) mass is 555 g/mol. The summed E-state index contributed by atoms with van der Waals surface area (Å²) >= 11 is 6.01. The Balaban J connectivity index is 1.64. The smallest absolute Gasteiger partial charge is 0.327 e. The lowest BCUT2D eigenvalue weighted by molar-refractivity contribution is -0.154. The van der Waals surface area contributed by atoms with Gasteiger partial charge in [-0.2, -0.15) is 0 Å². The molecule has 1 atom stereocenters. The van der Waals surface area contributed by atoms with Crippen LogP contribution in [0.4, 0.5) is 14.9 Å². The predicted octanol–water partition coefficient (Wildman–Crippen LogP) is 4.66. The molecule has 2 N–H and O–H groups in total. The van der Waals surface area contributed by atoms with Crippen LogP contribution in [0.5, 0.6) is 11.6 Å². The first-order chi connectivity index (χ1) is 18.6. The first-order valence-electron chi connectivity index (χ1n) is 11.9. The van der Waals surface area contributed by atoms with Crippen LogP contribution in [0, 0.1) is 11.2 Å². The van der Waals surface area contributed by atoms with E-state index in [0.29, 0.717) is 5.02 Å². The molecule has 39 heavy (non-hydrogen) atoms. The van der Waals surface area contributed by atoms with Gasteiger partial charge in [0.15, 0.2) is 11.6 Å². The molecule has 1 unspecified atom stereocenters. The quantitative estimate of drug-likeness (QED) is 0.388. The van der Waals surface area contributed by atoms with Gasteiger partial charge in [-0.25, -0.2) is 19.2 Å². The molecule has 1 saturated heterocycles. The number of urea groups is 1. The van der Waals surface area contributed by atoms with Gasteiger partial charge < -0.3 is 14.6 Å². The van der Waals surface area contributed by atoms with Gasteiger partial charge in [0.05, 0.1) is 24.8 Å². The van der Waals surface area contributed by atoms with Gasteiger partial charge in [-0.1, -0.05) is 29.8 Å². The molecular weight excluding hydrogens is 529 g/mol. The number of ether oxygens (including phenoxy) is 2. The van der Waals surface area contributed by atoms with E-state index in [1.807, 2.05) is 0 Å². The molecule has 0 aliphatic carbocycles. The van der Waals surface area contributed by atoms with E-state index in [4.69, 9.17) is 21.1 Å². The fourth-order valence-electron chi connectivity index (χ4n) is 3.86. The highest BCUT2D eigenvalue weighted by atomic mass is 35.5. The number of aromatic nitrogens is 1. The van der Waals surface area contributed by atoms with Gasteiger partial charge in [-0.05, 0) is 49.7 Å². The van der Waals surface area contributed by atoms with Crippen molar-refractivity contribution in [3.05, 3.63) is 83.3 Å². The number of amides is 2. The van der Waals surface area contributed by atoms with Crippen LogP contribution in [0.2, 0.25) is 5.02 Å². The van der Waals surface area contributed by atoms with Crippen molar-refractivity contribution in [2.75, 3.05) is 13.7 Å². The third-order valence-electron chi connectivity index (χ3n) is 5.88. The lowest BCUT2D eigenvalue weighted by Crippen LogP contribution is -2.66. The van der Waals surface area contributed by atoms with Gasteiger partial charge in [0, 0.05) is 29.9 Å². The largest absolute Gasteiger partial charge is 0.469 e. The molecule has 12 heteroatoms. The molecule has 2 amide bonds. The number of rotatable bonds is 8. The number of guanidine groups is 1. The number of aliphatic imine (C=N–C) groups is 1. The number of nitrogens with one attached hydrogen (secondary N) is 1. The van der Waals surface area contributed by atoms with E-state index in [0.717, 1.165) is 16.5 Å². The second-order valence-electron chi connectivity index (χ2n) is 9.35. The van der Waals surface area contributed by atoms with E-state index in [9.17, 15) is 19.1 Å². The number of nitrogens with zero attached hydrogens (tertiary/aromatic N) is 4. The zero-order valence-corrected chi connectivity index (χ0v) is 22.2. The van der Waals surface area contributed by atoms with E-state index >= 15 is 0 Å². The molecule has 10 nitrogen and oxygen atoms in total. The third kappa shape index (κ3) is 6.62. The van der Waals surface area contributed by atoms with Crippen LogP contribution < -0.4 is 10.1 Å². The normalized spacial score (nSPS) is 16.7. The number of methoxy groups -OCH3 is 1. The number of pyridine rings is 1. The SMILES string of the molecule is COC(=O)C(C)(C)CN1C(=O)NC(=Nc2ccc(Oc3ccccn3)c(F)c2)N(Cc2ccc(Cl)cc2)C1O. The Kier molecular flexibility index (Phi) is 8.32. The molecule has 3 aromatic rings. The van der Waals surface area contributed by atoms with Gasteiger partial charge >= 0.3 is 12.0 Å². The van der Waals surface area contributed by atoms with Crippen molar-refractivity contribution in [3.8, 4) is 11.6 Å². The lowest BCUT2D eigenvalue weighted by atomic mass is 9.93. The summed E-state index contributed by atoms with van der Waals surface area (Å²) in [6.07, 6.45) is 0.0175. The summed E-state index contributed by atoms with van der Waals surface area (Å²) < 4.78 is 25.2. The maximum atomic E-state index is 14.8. The van der Waals surface area contributed by atoms with Crippen LogP contribution in [0.1, 0.15) is 19.4 Å². The Morgan fingerprint density at radius 2 is 1.92 bits per heavy atom. The van der Waals surface area contributed by atoms with Crippen molar-refractivity contribution in [3.63, 3.8) is 0 Å². The summed E-state index contributed by atoms with van der Waals surface area (Å²) in [6.45, 7) is 3.16. The molecule has 1 fully saturated rings. The van der Waals surface area contributed by atoms with E-state index in [1.165, 1.54) is 30.3 Å². The molecule has 0 radical (unpaired) electrons. The minimum absolute atomic E-state index is 0.0210. The fourth-order valence-corrected chi connectivity index (χ4v) is 3.99. The van der Waals surface area contributed by atoms with Crippen molar-refractivity contribution >= 4 is 35.2 Å². The second kappa shape index (κ2) is 11.7. The first kappa shape index (κ1) is 27.8. The molecular formula is C27H27ClFN5O5. The molecule has 0 spiro atoms. The Labute approximate surface area is 229 Å². The minimum Gasteiger partial charge on any atom is -0.469 e. The molecule has 4 rings (SSSR count). The molecule has 1 aliphatic heterocycles. The van der Waals surface area contributed by atoms with Crippen LogP contribution >= 0.6 is 11.6 Å². The summed E-state index contributed by atoms with van der Waals surface area (Å²) in [7, 11) is 1.25. The highest BCUT2D eigenvalue weighted by Gasteiger charge is 2.41. The van der Waals surface area contributed by atoms with Gasteiger partial charge in [0.25, 0.3) is 0 Å². The van der Waals surface area contributed by atoms with Crippen LogP contribution in [0.15, 0.2) is 71.9 Å². The summed E-state index contributed by atoms with van der Waals surface area (Å²) in [5.74, 6) is -1.10. The number of aliphatic hydroxyl groups is 1. The van der Waals surface area contributed by atoms with Gasteiger partial charge in [0.1, 0.15) is 0 Å². The number of hydrogen-bond acceptors (Lipinski definition) is 7. The molecule has 0 saturated carbocycles. The molecule has 2 aromatic carbocycles. The van der Waals surface area contributed by atoms with Gasteiger partial charge in [-0.15, -0.1) is 0 Å². The summed E-state index contributed by atoms with van der Waals surface area (Å²) in [5.41, 5.74) is -0.201. The van der Waals surface area contributed by atoms with Gasteiger partial charge in [-0.3, -0.25) is 19.9 Å². The maximum absolute atomic E-state index is 14.8. The average Bonchev–Trinajstić information content (AvgIpc) is 2.91. The summed E-state index contributed by atoms with van der Waals surface area (Å²) in [6, 6.07) is 15.2. The average molecular weight is 556 g/mol. The number of esters is 1. The number of aliphatic hydroxyl groups excluding tert-OH is 1. The minimum atomic E-state index is -1.51. The van der Waals surface area contributed by atoms with Crippen molar-refractivity contribution < 1.29 is 28.6 Å². The molecule has 0 bridgehead atoms. The number of carbonyl (C=O) groups excluding carboxylic acids is 2. The highest BCUT2D eigenvalue weighted by Crippen LogP contribution is 2.28. The van der Waals surface area contributed by atoms with Crippen molar-refractivity contribution in [1.29, 1.82) is 0 Å². The molecule has 1 aliphatic rings. The van der Waals surface area contributed by atoms with E-state index < -0.39 is 29.6 Å². The van der Waals surface area contributed by atoms with Crippen LogP contribution in [-0.4, -0.2) is 57.9 Å². The van der Waals surface area contributed by atoms with Crippen molar-refractivity contribution in [1.82, 2.24) is 20.1 Å². The molecule has 2 heterocycles. The van der Waals surface area contributed by atoms with Gasteiger partial charge in [0.2, 0.25) is 18.2 Å². The Morgan fingerprint density at radius 1 is 1.18 bits per heavy atom. The topological polar surface area (TPSA) is 117 Å². The first-order valence-corrected chi connectivity index (χ1v) is 12.3. The fraction of sp³-hybridized carbons (Fsp3) is 0.259. The standard InChI is InChI=1S/C27H27ClFN5O5/c1-27(2,23(35)38-3)16-34-25(36)32-24(33(26(34)37)15-17-7-9-18(28)10-8-17)31-19-11-12-21(20(29)14-19)39-22-6-4-5-13-30-22/h4-14,26,37H,15-16H2,1-3H3,(H,31,32,36). The van der Waals surface area contributed by atoms with Crippen molar-refractivity contribution in [2.45, 2.75) is 26.7 Å².